The summed E-state index contributed by atoms with van der Waals surface area (Å²) in [5.41, 5.74) is 12.5. The number of aliphatic hydroxyl groups is 2. The molecule has 0 unspecified atom stereocenters. The predicted molar refractivity (Wildman–Crippen MR) is 244 cm³/mol. The van der Waals surface area contributed by atoms with E-state index in [1.54, 1.807) is 30.3 Å². The summed E-state index contributed by atoms with van der Waals surface area (Å²) in [6.45, 7) is 3.40. The first-order valence-electron chi connectivity index (χ1n) is 21.8. The largest absolute Gasteiger partial charge is 0.508 e. The normalized spacial score (nSPS) is 14.8. The van der Waals surface area contributed by atoms with E-state index in [0.29, 0.717) is 11.1 Å². The van der Waals surface area contributed by atoms with Crippen LogP contribution < -0.4 is 54.0 Å². The van der Waals surface area contributed by atoms with Crippen molar-refractivity contribution in [1.82, 2.24) is 42.5 Å². The number of phenols is 1. The van der Waals surface area contributed by atoms with Gasteiger partial charge < -0.3 is 79.5 Å². The van der Waals surface area contributed by atoms with Crippen LogP contribution in [0.4, 0.5) is 0 Å². The minimum atomic E-state index is -1.79. The molecule has 0 spiro atoms. The van der Waals surface area contributed by atoms with E-state index in [2.05, 4.69) is 42.5 Å². The number of rotatable bonds is 29. The number of carboxylic acids is 2. The summed E-state index contributed by atoms with van der Waals surface area (Å²) in [5.74, 6) is -12.9. The van der Waals surface area contributed by atoms with Crippen LogP contribution >= 0.6 is 0 Å². The van der Waals surface area contributed by atoms with Crippen molar-refractivity contribution in [3.8, 4) is 5.75 Å². The number of hydrogen-bond donors (Lipinski definition) is 15. The fourth-order valence-corrected chi connectivity index (χ4v) is 6.36. The van der Waals surface area contributed by atoms with Crippen LogP contribution in [-0.2, 0) is 65.6 Å². The first-order valence-corrected chi connectivity index (χ1v) is 21.8. The van der Waals surface area contributed by atoms with Gasteiger partial charge in [0.2, 0.25) is 53.2 Å². The zero-order valence-electron chi connectivity index (χ0n) is 38.8. The molecule has 0 aliphatic carbocycles. The minimum Gasteiger partial charge on any atom is -0.508 e. The monoisotopic (exact) mass is 986 g/mol. The topological polar surface area (TPSA) is 437 Å². The third kappa shape index (κ3) is 20.3. The molecule has 0 bridgehead atoms. The second-order valence-electron chi connectivity index (χ2n) is 16.5. The lowest BCUT2D eigenvalue weighted by molar-refractivity contribution is -0.142. The van der Waals surface area contributed by atoms with E-state index >= 15 is 0 Å². The number of primary amides is 1. The van der Waals surface area contributed by atoms with Gasteiger partial charge in [0.1, 0.15) is 48.0 Å². The van der Waals surface area contributed by atoms with Gasteiger partial charge in [0.15, 0.2) is 0 Å². The van der Waals surface area contributed by atoms with Crippen molar-refractivity contribution >= 4 is 65.1 Å². The molecule has 384 valence electrons. The quantitative estimate of drug-likeness (QED) is 0.0362. The van der Waals surface area contributed by atoms with Gasteiger partial charge in [-0.25, -0.2) is 4.79 Å². The van der Waals surface area contributed by atoms with E-state index in [-0.39, 0.29) is 18.6 Å². The number of aromatic hydroxyl groups is 1. The van der Waals surface area contributed by atoms with Crippen molar-refractivity contribution in [1.29, 1.82) is 0 Å². The minimum absolute atomic E-state index is 0.0223. The highest BCUT2D eigenvalue weighted by atomic mass is 16.4. The van der Waals surface area contributed by atoms with Crippen molar-refractivity contribution < 1.29 is 78.3 Å². The second-order valence-corrected chi connectivity index (χ2v) is 16.5. The Kier molecular flexibility index (Phi) is 23.8. The second kappa shape index (κ2) is 28.6. The van der Waals surface area contributed by atoms with Crippen LogP contribution in [0.5, 0.6) is 5.75 Å². The maximum absolute atomic E-state index is 13.5. The Balaban J connectivity index is 2.07. The maximum Gasteiger partial charge on any atom is 0.326 e. The van der Waals surface area contributed by atoms with Crippen molar-refractivity contribution in [2.75, 3.05) is 13.2 Å². The predicted octanol–water partition coefficient (Wildman–Crippen LogP) is -5.11. The highest BCUT2D eigenvalue weighted by Gasteiger charge is 2.35. The van der Waals surface area contributed by atoms with Crippen LogP contribution in [0, 0.1) is 5.92 Å². The van der Waals surface area contributed by atoms with Gasteiger partial charge in [0.05, 0.1) is 31.7 Å². The van der Waals surface area contributed by atoms with Crippen molar-refractivity contribution in [3.05, 3.63) is 65.7 Å². The Hall–Kier alpha value is -7.71. The first kappa shape index (κ1) is 58.4. The molecule has 70 heavy (non-hydrogen) atoms. The van der Waals surface area contributed by atoms with Crippen LogP contribution in [-0.4, -0.2) is 158 Å². The summed E-state index contributed by atoms with van der Waals surface area (Å²) < 4.78 is 0. The zero-order valence-corrected chi connectivity index (χ0v) is 38.8. The van der Waals surface area contributed by atoms with Crippen molar-refractivity contribution in [2.45, 2.75) is 114 Å². The number of aliphatic carboxylic acids is 2. The van der Waals surface area contributed by atoms with E-state index in [1.165, 1.54) is 45.0 Å². The van der Waals surface area contributed by atoms with Crippen LogP contribution in [0.1, 0.15) is 58.1 Å². The molecular formula is C44H62N10O16. The average molecular weight is 987 g/mol. The van der Waals surface area contributed by atoms with Gasteiger partial charge >= 0.3 is 11.9 Å². The Morgan fingerprint density at radius 2 is 1.13 bits per heavy atom. The average Bonchev–Trinajstić information content (AvgIpc) is 3.29. The summed E-state index contributed by atoms with van der Waals surface area (Å²) in [7, 11) is 0. The van der Waals surface area contributed by atoms with Gasteiger partial charge in [0, 0.05) is 12.8 Å². The van der Waals surface area contributed by atoms with Crippen LogP contribution in [0.25, 0.3) is 0 Å². The number of benzene rings is 2. The lowest BCUT2D eigenvalue weighted by Gasteiger charge is -2.27. The van der Waals surface area contributed by atoms with Crippen molar-refractivity contribution in [2.24, 2.45) is 17.4 Å². The number of phenolic OH excluding ortho intramolecular Hbond substituents is 1. The fourth-order valence-electron chi connectivity index (χ4n) is 6.36. The lowest BCUT2D eigenvalue weighted by Crippen LogP contribution is -2.61. The number of amides is 9. The Labute approximate surface area is 401 Å². The lowest BCUT2D eigenvalue weighted by atomic mass is 10.0. The molecule has 17 N–H and O–H groups in total. The molecule has 0 saturated carbocycles. The first-order chi connectivity index (χ1) is 32.8. The molecule has 0 saturated heterocycles. The van der Waals surface area contributed by atoms with Gasteiger partial charge in [-0.2, -0.15) is 0 Å². The zero-order chi connectivity index (χ0) is 52.8. The van der Waals surface area contributed by atoms with Gasteiger partial charge in [-0.3, -0.25) is 47.9 Å². The molecule has 2 rings (SSSR count). The molecule has 26 heteroatoms. The molecule has 0 aliphatic heterocycles. The number of aliphatic hydroxyl groups excluding tert-OH is 2. The number of hydrogen-bond acceptors (Lipinski definition) is 15. The van der Waals surface area contributed by atoms with Crippen LogP contribution in [0.2, 0.25) is 0 Å². The molecule has 0 radical (unpaired) electrons. The summed E-state index contributed by atoms with van der Waals surface area (Å²) in [6, 6.07) is 1.78. The molecule has 0 heterocycles. The molecule has 0 aromatic heterocycles. The molecule has 0 fully saturated rings. The molecule has 26 nitrogen and oxygen atoms in total. The van der Waals surface area contributed by atoms with Gasteiger partial charge in [-0.15, -0.1) is 0 Å². The number of carbonyl (C=O) groups is 11. The Bertz CT molecular complexity index is 2180. The van der Waals surface area contributed by atoms with Crippen LogP contribution in [0.15, 0.2) is 54.6 Å². The van der Waals surface area contributed by atoms with E-state index in [9.17, 15) is 78.3 Å². The molecule has 2 aromatic rings. The summed E-state index contributed by atoms with van der Waals surface area (Å²) >= 11 is 0. The number of carboxylic acid groups (broad SMARTS) is 2. The van der Waals surface area contributed by atoms with E-state index < -0.39 is 158 Å². The van der Waals surface area contributed by atoms with E-state index in [4.69, 9.17) is 11.5 Å². The maximum atomic E-state index is 13.5. The molecule has 9 amide bonds. The smallest absolute Gasteiger partial charge is 0.326 e. The number of nitrogens with two attached hydrogens (primary N) is 2. The molecule has 2 aromatic carbocycles. The molecule has 0 aliphatic rings. The molecular weight excluding hydrogens is 925 g/mol. The molecule has 9 atom stereocenters. The third-order valence-electron chi connectivity index (χ3n) is 10.3. The van der Waals surface area contributed by atoms with Crippen molar-refractivity contribution in [3.63, 3.8) is 0 Å². The summed E-state index contributed by atoms with van der Waals surface area (Å²) in [6.07, 6.45) is -3.68. The van der Waals surface area contributed by atoms with Crippen LogP contribution in [0.3, 0.4) is 0 Å². The third-order valence-corrected chi connectivity index (χ3v) is 10.3. The van der Waals surface area contributed by atoms with Gasteiger partial charge in [0.25, 0.3) is 0 Å². The summed E-state index contributed by atoms with van der Waals surface area (Å²) in [5, 5.41) is 66.7. The standard InChI is InChI=1S/C44H62N10O16/c1-21(2)35(53-40(65)29(18-32(46)58)51-43(68)36(23(4)56)54-38(63)27(45)16-25-10-12-26(57)13-11-25)42(67)47-19-33(59)49-31(20-55)41(66)50-28(14-15-34(60)61)39(64)48-22(3)37(62)52-30(44(69)70)17-24-8-6-5-7-9-24/h5-13,21-23,27-31,35-36,55-57H,14-20,45H2,1-4H3,(H2,46,58)(H,47,67)(H,48,64)(H,49,59)(H,50,66)(H,51,68)(H,52,62)(H,53,65)(H,54,63)(H,60,61)(H,69,70)/t22-,23+,27-,28-,29-,30-,31-,35-,36-/m0/s1. The SMILES string of the molecule is CC(C)[C@H](NC(=O)[C@H](CC(N)=O)NC(=O)[C@@H](NC(=O)[C@@H](N)Cc1ccc(O)cc1)[C@@H](C)O)C(=O)NCC(=O)N[C@@H](CO)C(=O)N[C@@H](CCC(=O)O)C(=O)N[C@@H](C)C(=O)N[C@@H](Cc1ccccc1)C(=O)O. The summed E-state index contributed by atoms with van der Waals surface area (Å²) in [4.78, 5) is 140. The fraction of sp³-hybridized carbons (Fsp3) is 0.477. The van der Waals surface area contributed by atoms with E-state index in [1.807, 2.05) is 0 Å². The van der Waals surface area contributed by atoms with Gasteiger partial charge in [-0.05, 0) is 55.9 Å². The highest BCUT2D eigenvalue weighted by Crippen LogP contribution is 2.12. The number of carbonyl (C=O) groups excluding carboxylic acids is 9. The Morgan fingerprint density at radius 1 is 0.586 bits per heavy atom. The Morgan fingerprint density at radius 3 is 1.67 bits per heavy atom. The van der Waals surface area contributed by atoms with Gasteiger partial charge in [-0.1, -0.05) is 56.3 Å². The van der Waals surface area contributed by atoms with E-state index in [0.717, 1.165) is 6.92 Å². The number of nitrogens with one attached hydrogen (secondary N) is 8. The highest BCUT2D eigenvalue weighted by molar-refractivity contribution is 5.98.